The van der Waals surface area contributed by atoms with E-state index in [9.17, 15) is 14.9 Å². The first-order chi connectivity index (χ1) is 10.1. The van der Waals surface area contributed by atoms with Crippen LogP contribution in [-0.4, -0.2) is 17.1 Å². The van der Waals surface area contributed by atoms with Crippen LogP contribution in [0.3, 0.4) is 0 Å². The number of furan rings is 1. The summed E-state index contributed by atoms with van der Waals surface area (Å²) in [6.45, 7) is 0. The number of nitrogens with one attached hydrogen (secondary N) is 1. The first-order valence-electron chi connectivity index (χ1n) is 5.96. The predicted octanol–water partition coefficient (Wildman–Crippen LogP) is 3.56. The van der Waals surface area contributed by atoms with E-state index in [1.165, 1.54) is 24.3 Å². The SMILES string of the molecule is CSc1cccc(NC(=O)/C=C/c2ccc([N+](=O)[O-])o2)c1. The van der Waals surface area contributed by atoms with Crippen molar-refractivity contribution in [1.29, 1.82) is 0 Å². The smallest absolute Gasteiger partial charge is 0.401 e. The Balaban J connectivity index is 2.00. The van der Waals surface area contributed by atoms with E-state index >= 15 is 0 Å². The third kappa shape index (κ3) is 4.22. The van der Waals surface area contributed by atoms with Gasteiger partial charge in [0.1, 0.15) is 10.7 Å². The number of benzene rings is 1. The first kappa shape index (κ1) is 14.9. The molecule has 1 heterocycles. The van der Waals surface area contributed by atoms with Crippen LogP contribution in [0.2, 0.25) is 0 Å². The number of nitrogens with zero attached hydrogens (tertiary/aromatic N) is 1. The van der Waals surface area contributed by atoms with Gasteiger partial charge in [0.15, 0.2) is 0 Å². The average Bonchev–Trinajstić information content (AvgIpc) is 2.94. The second-order valence-electron chi connectivity index (χ2n) is 3.99. The molecule has 0 saturated carbocycles. The largest absolute Gasteiger partial charge is 0.433 e. The highest BCUT2D eigenvalue weighted by atomic mass is 32.2. The highest BCUT2D eigenvalue weighted by Crippen LogP contribution is 2.19. The zero-order valence-corrected chi connectivity index (χ0v) is 11.9. The van der Waals surface area contributed by atoms with Gasteiger partial charge < -0.3 is 9.73 Å². The summed E-state index contributed by atoms with van der Waals surface area (Å²) in [6, 6.07) is 10.1. The number of nitro groups is 1. The van der Waals surface area contributed by atoms with Gasteiger partial charge in [0.25, 0.3) is 0 Å². The second kappa shape index (κ2) is 6.76. The van der Waals surface area contributed by atoms with E-state index in [1.54, 1.807) is 17.8 Å². The van der Waals surface area contributed by atoms with Gasteiger partial charge in [-0.2, -0.15) is 0 Å². The second-order valence-corrected chi connectivity index (χ2v) is 4.87. The van der Waals surface area contributed by atoms with Crippen molar-refractivity contribution in [3.8, 4) is 0 Å². The quantitative estimate of drug-likeness (QED) is 0.395. The number of hydrogen-bond acceptors (Lipinski definition) is 5. The molecule has 0 atom stereocenters. The molecule has 2 aromatic rings. The lowest BCUT2D eigenvalue weighted by molar-refractivity contribution is -0.402. The number of carbonyl (C=O) groups is 1. The van der Waals surface area contributed by atoms with Gasteiger partial charge in [0, 0.05) is 16.7 Å². The summed E-state index contributed by atoms with van der Waals surface area (Å²) < 4.78 is 4.91. The fourth-order valence-electron chi connectivity index (χ4n) is 1.57. The number of thioether (sulfide) groups is 1. The maximum absolute atomic E-state index is 11.7. The molecule has 1 aromatic carbocycles. The van der Waals surface area contributed by atoms with E-state index in [4.69, 9.17) is 4.42 Å². The Labute approximate surface area is 125 Å². The summed E-state index contributed by atoms with van der Waals surface area (Å²) in [6.07, 6.45) is 4.58. The van der Waals surface area contributed by atoms with Gasteiger partial charge in [0.2, 0.25) is 5.91 Å². The van der Waals surface area contributed by atoms with Crippen molar-refractivity contribution >= 4 is 35.3 Å². The van der Waals surface area contributed by atoms with Crippen molar-refractivity contribution in [2.24, 2.45) is 0 Å². The fourth-order valence-corrected chi connectivity index (χ4v) is 2.03. The van der Waals surface area contributed by atoms with E-state index in [0.29, 0.717) is 5.69 Å². The molecule has 0 unspecified atom stereocenters. The van der Waals surface area contributed by atoms with E-state index in [0.717, 1.165) is 4.90 Å². The highest BCUT2D eigenvalue weighted by molar-refractivity contribution is 7.98. The zero-order chi connectivity index (χ0) is 15.2. The summed E-state index contributed by atoms with van der Waals surface area (Å²) in [4.78, 5) is 22.6. The minimum absolute atomic E-state index is 0.245. The van der Waals surface area contributed by atoms with Crippen LogP contribution in [0.5, 0.6) is 0 Å². The molecule has 1 N–H and O–H groups in total. The van der Waals surface area contributed by atoms with E-state index in [2.05, 4.69) is 5.32 Å². The van der Waals surface area contributed by atoms with Gasteiger partial charge >= 0.3 is 5.88 Å². The zero-order valence-electron chi connectivity index (χ0n) is 11.1. The lowest BCUT2D eigenvalue weighted by Gasteiger charge is -2.03. The minimum atomic E-state index is -0.634. The van der Waals surface area contributed by atoms with E-state index in [1.807, 2.05) is 24.5 Å². The molecule has 0 aliphatic carbocycles. The van der Waals surface area contributed by atoms with Crippen LogP contribution in [-0.2, 0) is 4.79 Å². The Hall–Kier alpha value is -2.54. The maximum Gasteiger partial charge on any atom is 0.433 e. The first-order valence-corrected chi connectivity index (χ1v) is 7.18. The Morgan fingerprint density at radius 2 is 2.19 bits per heavy atom. The van der Waals surface area contributed by atoms with Crippen molar-refractivity contribution < 1.29 is 14.1 Å². The Bertz CT molecular complexity index is 694. The van der Waals surface area contributed by atoms with Crippen molar-refractivity contribution in [2.45, 2.75) is 4.90 Å². The number of carbonyl (C=O) groups excluding carboxylic acids is 1. The van der Waals surface area contributed by atoms with Gasteiger partial charge in [-0.3, -0.25) is 14.9 Å². The molecule has 2 rings (SSSR count). The van der Waals surface area contributed by atoms with Crippen LogP contribution in [0, 0.1) is 10.1 Å². The molecule has 1 aromatic heterocycles. The summed E-state index contributed by atoms with van der Waals surface area (Å²) >= 11 is 1.58. The predicted molar refractivity (Wildman–Crippen MR) is 81.2 cm³/mol. The number of hydrogen-bond donors (Lipinski definition) is 1. The molecule has 0 radical (unpaired) electrons. The highest BCUT2D eigenvalue weighted by Gasteiger charge is 2.10. The summed E-state index contributed by atoms with van der Waals surface area (Å²) in [5.74, 6) is -0.454. The molecular formula is C14H12N2O4S. The third-order valence-electron chi connectivity index (χ3n) is 2.53. The Morgan fingerprint density at radius 3 is 2.86 bits per heavy atom. The van der Waals surface area contributed by atoms with Gasteiger partial charge in [-0.15, -0.1) is 11.8 Å². The van der Waals surface area contributed by atoms with Crippen LogP contribution < -0.4 is 5.32 Å². The number of rotatable bonds is 5. The number of amides is 1. The Morgan fingerprint density at radius 1 is 1.38 bits per heavy atom. The molecular weight excluding hydrogens is 292 g/mol. The number of anilines is 1. The molecule has 0 saturated heterocycles. The molecule has 0 bridgehead atoms. The maximum atomic E-state index is 11.7. The van der Waals surface area contributed by atoms with Crippen LogP contribution in [0.25, 0.3) is 6.08 Å². The molecule has 0 spiro atoms. The molecule has 0 aliphatic rings. The normalized spacial score (nSPS) is 10.7. The van der Waals surface area contributed by atoms with Crippen molar-refractivity contribution in [3.05, 3.63) is 58.3 Å². The minimum Gasteiger partial charge on any atom is -0.401 e. The van der Waals surface area contributed by atoms with Crippen molar-refractivity contribution in [1.82, 2.24) is 0 Å². The van der Waals surface area contributed by atoms with Crippen LogP contribution in [0.1, 0.15) is 5.76 Å². The van der Waals surface area contributed by atoms with Crippen molar-refractivity contribution in [3.63, 3.8) is 0 Å². The standard InChI is InChI=1S/C14H12N2O4S/c1-21-12-4-2-3-10(9-12)15-13(17)7-5-11-6-8-14(20-11)16(18)19/h2-9H,1H3,(H,15,17)/b7-5+. The molecule has 0 aliphatic heterocycles. The Kier molecular flexibility index (Phi) is 4.78. The molecule has 21 heavy (non-hydrogen) atoms. The van der Waals surface area contributed by atoms with Crippen LogP contribution in [0.15, 0.2) is 51.8 Å². The van der Waals surface area contributed by atoms with Crippen molar-refractivity contribution in [2.75, 3.05) is 11.6 Å². The fraction of sp³-hybridized carbons (Fsp3) is 0.0714. The van der Waals surface area contributed by atoms with Gasteiger partial charge in [-0.1, -0.05) is 6.07 Å². The van der Waals surface area contributed by atoms with Gasteiger partial charge in [0.05, 0.1) is 6.07 Å². The summed E-state index contributed by atoms with van der Waals surface area (Å²) in [5, 5.41) is 13.2. The molecule has 6 nitrogen and oxygen atoms in total. The van der Waals surface area contributed by atoms with Crippen LogP contribution >= 0.6 is 11.8 Å². The topological polar surface area (TPSA) is 85.4 Å². The molecule has 108 valence electrons. The monoisotopic (exact) mass is 304 g/mol. The third-order valence-corrected chi connectivity index (χ3v) is 3.25. The summed E-state index contributed by atoms with van der Waals surface area (Å²) in [5.41, 5.74) is 0.682. The van der Waals surface area contributed by atoms with E-state index < -0.39 is 4.92 Å². The molecule has 7 heteroatoms. The summed E-state index contributed by atoms with van der Waals surface area (Å²) in [7, 11) is 0. The van der Waals surface area contributed by atoms with Gasteiger partial charge in [-0.05, 0) is 36.6 Å². The van der Waals surface area contributed by atoms with E-state index in [-0.39, 0.29) is 17.6 Å². The van der Waals surface area contributed by atoms with Gasteiger partial charge in [-0.25, -0.2) is 0 Å². The lowest BCUT2D eigenvalue weighted by atomic mass is 10.3. The molecule has 1 amide bonds. The van der Waals surface area contributed by atoms with Crippen LogP contribution in [0.4, 0.5) is 11.6 Å². The lowest BCUT2D eigenvalue weighted by Crippen LogP contribution is -2.07. The average molecular weight is 304 g/mol. The molecule has 0 fully saturated rings.